The van der Waals surface area contributed by atoms with Gasteiger partial charge in [0.1, 0.15) is 18.1 Å². The van der Waals surface area contributed by atoms with Crippen LogP contribution in [0, 0.1) is 0 Å². The predicted octanol–water partition coefficient (Wildman–Crippen LogP) is -3.01. The minimum atomic E-state index is -1.87. The van der Waals surface area contributed by atoms with Gasteiger partial charge in [-0.3, -0.25) is 28.8 Å². The van der Waals surface area contributed by atoms with E-state index in [0.29, 0.717) is 0 Å². The Labute approximate surface area is 192 Å². The lowest BCUT2D eigenvalue weighted by molar-refractivity contribution is -0.147. The summed E-state index contributed by atoms with van der Waals surface area (Å²) in [4.78, 5) is 80.8. The summed E-state index contributed by atoms with van der Waals surface area (Å²) in [6.07, 6.45) is -3.09. The van der Waals surface area contributed by atoms with E-state index in [4.69, 9.17) is 26.2 Å². The second kappa shape index (κ2) is 14.6. The Morgan fingerprint density at radius 2 is 1.06 bits per heavy atom. The van der Waals surface area contributed by atoms with E-state index in [-0.39, 0.29) is 5.75 Å². The van der Waals surface area contributed by atoms with Gasteiger partial charge < -0.3 is 42.1 Å². The SMILES string of the molecule is NC(CS)C(=O)NC(CCC(=O)O)C(=O)NC(CCC(=O)O)C(=O)NC(CC(=O)O)C(=O)O. The molecule has 9 N–H and O–H groups in total. The van der Waals surface area contributed by atoms with Crippen molar-refractivity contribution in [2.24, 2.45) is 5.73 Å². The van der Waals surface area contributed by atoms with E-state index in [9.17, 15) is 33.6 Å². The van der Waals surface area contributed by atoms with Crippen LogP contribution in [0.3, 0.4) is 0 Å². The van der Waals surface area contributed by atoms with Gasteiger partial charge in [0.05, 0.1) is 12.5 Å². The van der Waals surface area contributed by atoms with Crippen LogP contribution in [0.1, 0.15) is 32.1 Å². The molecule has 4 unspecified atom stereocenters. The molecule has 0 radical (unpaired) electrons. The fourth-order valence-electron chi connectivity index (χ4n) is 2.35. The first-order valence-corrected chi connectivity index (χ1v) is 10.1. The second-order valence-corrected chi connectivity index (χ2v) is 7.14. The van der Waals surface area contributed by atoms with Gasteiger partial charge in [-0.05, 0) is 12.8 Å². The monoisotopic (exact) mass is 494 g/mol. The van der Waals surface area contributed by atoms with Crippen LogP contribution in [0.25, 0.3) is 0 Å². The van der Waals surface area contributed by atoms with Crippen molar-refractivity contribution in [2.45, 2.75) is 56.3 Å². The summed E-state index contributed by atoms with van der Waals surface area (Å²) >= 11 is 3.84. The summed E-state index contributed by atoms with van der Waals surface area (Å²) in [7, 11) is 0. The first-order valence-electron chi connectivity index (χ1n) is 9.44. The number of nitrogens with one attached hydrogen (secondary N) is 3. The van der Waals surface area contributed by atoms with E-state index in [1.54, 1.807) is 0 Å². The van der Waals surface area contributed by atoms with Crippen LogP contribution in [0.4, 0.5) is 0 Å². The van der Waals surface area contributed by atoms with Crippen LogP contribution >= 0.6 is 12.6 Å². The molecule has 0 saturated carbocycles. The molecule has 33 heavy (non-hydrogen) atoms. The quantitative estimate of drug-likeness (QED) is 0.0971. The summed E-state index contributed by atoms with van der Waals surface area (Å²) in [6.45, 7) is 0. The minimum absolute atomic E-state index is 0.0943. The minimum Gasteiger partial charge on any atom is -0.481 e. The molecule has 4 atom stereocenters. The summed E-state index contributed by atoms with van der Waals surface area (Å²) < 4.78 is 0. The summed E-state index contributed by atoms with van der Waals surface area (Å²) in [5.74, 6) is -9.04. The Bertz CT molecular complexity index is 776. The van der Waals surface area contributed by atoms with Crippen LogP contribution in [-0.2, 0) is 33.6 Å². The normalized spacial score (nSPS) is 14.1. The summed E-state index contributed by atoms with van der Waals surface area (Å²) in [6, 6.07) is -6.11. The van der Waals surface area contributed by atoms with E-state index in [1.807, 2.05) is 5.32 Å². The molecule has 0 aliphatic heterocycles. The fraction of sp³-hybridized carbons (Fsp3) is 0.588. The maximum atomic E-state index is 12.6. The Morgan fingerprint density at radius 3 is 1.39 bits per heavy atom. The van der Waals surface area contributed by atoms with Gasteiger partial charge in [-0.1, -0.05) is 0 Å². The van der Waals surface area contributed by atoms with Gasteiger partial charge in [-0.15, -0.1) is 0 Å². The highest BCUT2D eigenvalue weighted by molar-refractivity contribution is 7.80. The molecule has 15 nitrogen and oxygen atoms in total. The maximum absolute atomic E-state index is 12.6. The van der Waals surface area contributed by atoms with E-state index < -0.39 is 97.9 Å². The van der Waals surface area contributed by atoms with Crippen molar-refractivity contribution in [3.8, 4) is 0 Å². The van der Waals surface area contributed by atoms with Crippen molar-refractivity contribution in [1.29, 1.82) is 0 Å². The maximum Gasteiger partial charge on any atom is 0.326 e. The topological polar surface area (TPSA) is 263 Å². The molecule has 0 aromatic rings. The molecule has 0 rings (SSSR count). The number of thiol groups is 1. The molecule has 16 heteroatoms. The number of amides is 3. The lowest BCUT2D eigenvalue weighted by Gasteiger charge is -2.24. The van der Waals surface area contributed by atoms with Crippen LogP contribution < -0.4 is 21.7 Å². The van der Waals surface area contributed by atoms with Crippen molar-refractivity contribution >= 4 is 54.2 Å². The van der Waals surface area contributed by atoms with Gasteiger partial charge in [0.2, 0.25) is 17.7 Å². The lowest BCUT2D eigenvalue weighted by atomic mass is 10.1. The van der Waals surface area contributed by atoms with Gasteiger partial charge in [0.25, 0.3) is 0 Å². The number of carboxylic acid groups (broad SMARTS) is 4. The van der Waals surface area contributed by atoms with Crippen LogP contribution in [-0.4, -0.2) is 91.9 Å². The first-order chi connectivity index (χ1) is 15.3. The molecule has 0 saturated heterocycles. The number of aliphatic carboxylic acids is 4. The molecule has 0 bridgehead atoms. The molecule has 0 aliphatic rings. The average Bonchev–Trinajstić information content (AvgIpc) is 2.71. The van der Waals surface area contributed by atoms with Crippen LogP contribution in [0.15, 0.2) is 0 Å². The van der Waals surface area contributed by atoms with Crippen LogP contribution in [0.5, 0.6) is 0 Å². The van der Waals surface area contributed by atoms with E-state index >= 15 is 0 Å². The smallest absolute Gasteiger partial charge is 0.326 e. The van der Waals surface area contributed by atoms with Gasteiger partial charge >= 0.3 is 23.9 Å². The zero-order valence-electron chi connectivity index (χ0n) is 17.2. The second-order valence-electron chi connectivity index (χ2n) is 6.77. The molecular formula is C17H26N4O11S. The molecular weight excluding hydrogens is 468 g/mol. The van der Waals surface area contributed by atoms with Gasteiger partial charge in [-0.2, -0.15) is 12.6 Å². The Balaban J connectivity index is 5.60. The Kier molecular flexibility index (Phi) is 13.1. The third kappa shape index (κ3) is 12.3. The van der Waals surface area contributed by atoms with Crippen molar-refractivity contribution in [3.05, 3.63) is 0 Å². The number of hydrogen-bond donors (Lipinski definition) is 9. The lowest BCUT2D eigenvalue weighted by Crippen LogP contribution is -2.57. The zero-order valence-corrected chi connectivity index (χ0v) is 18.1. The van der Waals surface area contributed by atoms with Gasteiger partial charge in [0.15, 0.2) is 0 Å². The molecule has 3 amide bonds. The summed E-state index contributed by atoms with van der Waals surface area (Å²) in [5, 5.41) is 41.8. The highest BCUT2D eigenvalue weighted by Gasteiger charge is 2.31. The average molecular weight is 494 g/mol. The number of rotatable bonds is 16. The molecule has 0 aromatic carbocycles. The number of carbonyl (C=O) groups is 7. The Hall–Kier alpha value is -3.40. The van der Waals surface area contributed by atoms with Crippen molar-refractivity contribution < 1.29 is 54.0 Å². The van der Waals surface area contributed by atoms with Crippen LogP contribution in [0.2, 0.25) is 0 Å². The largest absolute Gasteiger partial charge is 0.481 e. The number of carboxylic acids is 4. The number of hydrogen-bond acceptors (Lipinski definition) is 9. The first kappa shape index (κ1) is 29.6. The zero-order chi connectivity index (χ0) is 25.7. The van der Waals surface area contributed by atoms with E-state index in [2.05, 4.69) is 23.3 Å². The predicted molar refractivity (Wildman–Crippen MR) is 111 cm³/mol. The van der Waals surface area contributed by atoms with E-state index in [0.717, 1.165) is 0 Å². The standard InChI is InChI=1S/C17H26N4O11S/c18-7(6-33)14(28)19-8(1-3-11(22)23)15(29)20-9(2-4-12(24)25)16(30)21-10(17(31)32)5-13(26)27/h7-10,33H,1-6,18H2,(H,19,28)(H,20,29)(H,21,30)(H,22,23)(H,24,25)(H,26,27)(H,31,32). The molecule has 186 valence electrons. The molecule has 0 fully saturated rings. The number of carbonyl (C=O) groups excluding carboxylic acids is 3. The van der Waals surface area contributed by atoms with Crippen molar-refractivity contribution in [2.75, 3.05) is 5.75 Å². The highest BCUT2D eigenvalue weighted by Crippen LogP contribution is 2.05. The summed E-state index contributed by atoms with van der Waals surface area (Å²) in [5.41, 5.74) is 5.50. The van der Waals surface area contributed by atoms with Crippen molar-refractivity contribution in [1.82, 2.24) is 16.0 Å². The third-order valence-electron chi connectivity index (χ3n) is 4.09. The molecule has 0 aliphatic carbocycles. The van der Waals surface area contributed by atoms with Crippen molar-refractivity contribution in [3.63, 3.8) is 0 Å². The number of nitrogens with two attached hydrogens (primary N) is 1. The third-order valence-corrected chi connectivity index (χ3v) is 4.48. The van der Waals surface area contributed by atoms with Gasteiger partial charge in [-0.25, -0.2) is 4.79 Å². The molecule has 0 spiro atoms. The Morgan fingerprint density at radius 1 is 0.667 bits per heavy atom. The highest BCUT2D eigenvalue weighted by atomic mass is 32.1. The van der Waals surface area contributed by atoms with Gasteiger partial charge in [0, 0.05) is 18.6 Å². The molecule has 0 aromatic heterocycles. The fourth-order valence-corrected chi connectivity index (χ4v) is 2.52. The van der Waals surface area contributed by atoms with E-state index in [1.165, 1.54) is 0 Å². The molecule has 0 heterocycles.